The third-order valence-electron chi connectivity index (χ3n) is 3.36. The zero-order valence-corrected chi connectivity index (χ0v) is 15.1. The molecule has 2 rings (SSSR count). The van der Waals surface area contributed by atoms with E-state index in [0.29, 0.717) is 4.99 Å². The van der Waals surface area contributed by atoms with Crippen LogP contribution in [0.4, 0.5) is 10.8 Å². The molecule has 0 aliphatic carbocycles. The molecule has 1 aromatic heterocycles. The molecule has 0 amide bonds. The highest BCUT2D eigenvalue weighted by atomic mass is 32.1. The van der Waals surface area contributed by atoms with Gasteiger partial charge in [-0.25, -0.2) is 4.98 Å². The summed E-state index contributed by atoms with van der Waals surface area (Å²) in [6, 6.07) is 8.19. The first kappa shape index (κ1) is 17.4. The molecule has 23 heavy (non-hydrogen) atoms. The summed E-state index contributed by atoms with van der Waals surface area (Å²) in [6.45, 7) is 8.97. The van der Waals surface area contributed by atoms with Gasteiger partial charge in [0, 0.05) is 29.4 Å². The van der Waals surface area contributed by atoms with Gasteiger partial charge in [0.2, 0.25) is 0 Å². The molecule has 0 fully saturated rings. The summed E-state index contributed by atoms with van der Waals surface area (Å²) in [5.41, 5.74) is 4.27. The van der Waals surface area contributed by atoms with Crippen molar-refractivity contribution >= 4 is 39.4 Å². The summed E-state index contributed by atoms with van der Waals surface area (Å²) in [7, 11) is 0. The summed E-state index contributed by atoms with van der Waals surface area (Å²) in [5.74, 6) is 0. The fraction of sp³-hybridized carbons (Fsp3) is 0.222. The Morgan fingerprint density at radius 1 is 1.35 bits per heavy atom. The number of thiazole rings is 1. The van der Waals surface area contributed by atoms with E-state index in [1.807, 2.05) is 23.6 Å². The molecule has 0 saturated carbocycles. The van der Waals surface area contributed by atoms with Crippen LogP contribution in [-0.2, 0) is 6.54 Å². The lowest BCUT2D eigenvalue weighted by atomic mass is 10.1. The number of hydrogen-bond acceptors (Lipinski definition) is 4. The molecular formula is C18H21N3S2. The summed E-state index contributed by atoms with van der Waals surface area (Å²) in [4.78, 5) is 4.86. The van der Waals surface area contributed by atoms with E-state index in [9.17, 15) is 0 Å². The van der Waals surface area contributed by atoms with Crippen molar-refractivity contribution in [2.45, 2.75) is 26.8 Å². The van der Waals surface area contributed by atoms with Crippen LogP contribution in [0.2, 0.25) is 0 Å². The van der Waals surface area contributed by atoms with Crippen molar-refractivity contribution in [3.8, 4) is 0 Å². The van der Waals surface area contributed by atoms with E-state index in [1.54, 1.807) is 17.5 Å². The van der Waals surface area contributed by atoms with Crippen LogP contribution in [0.15, 0.2) is 59.6 Å². The van der Waals surface area contributed by atoms with Crippen molar-refractivity contribution < 1.29 is 0 Å². The van der Waals surface area contributed by atoms with Crippen LogP contribution >= 0.6 is 23.6 Å². The third kappa shape index (κ3) is 5.62. The van der Waals surface area contributed by atoms with Gasteiger partial charge in [0.1, 0.15) is 4.99 Å². The minimum absolute atomic E-state index is 0.659. The van der Waals surface area contributed by atoms with E-state index in [1.165, 1.54) is 11.1 Å². The van der Waals surface area contributed by atoms with Crippen LogP contribution in [0, 0.1) is 0 Å². The fourth-order valence-electron chi connectivity index (χ4n) is 1.87. The Labute approximate surface area is 147 Å². The van der Waals surface area contributed by atoms with E-state index >= 15 is 0 Å². The fourth-order valence-corrected chi connectivity index (χ4v) is 2.58. The minimum Gasteiger partial charge on any atom is -0.357 e. The van der Waals surface area contributed by atoms with Gasteiger partial charge >= 0.3 is 0 Å². The molecule has 1 heterocycles. The van der Waals surface area contributed by atoms with Crippen molar-refractivity contribution in [1.82, 2.24) is 4.98 Å². The molecular weight excluding hydrogens is 322 g/mol. The molecule has 0 unspecified atom stereocenters. The molecule has 1 aromatic carbocycles. The van der Waals surface area contributed by atoms with Gasteiger partial charge in [-0.15, -0.1) is 11.3 Å². The Kier molecular flexibility index (Phi) is 6.50. The Morgan fingerprint density at radius 3 is 2.70 bits per heavy atom. The van der Waals surface area contributed by atoms with Gasteiger partial charge in [-0.3, -0.25) is 0 Å². The SMILES string of the molecule is C=C(/C=C(/C)CC)C(=S)Nc1ccc(CNc2nccs2)cc1. The Balaban J connectivity index is 1.89. The van der Waals surface area contributed by atoms with E-state index in [2.05, 4.69) is 48.2 Å². The van der Waals surface area contributed by atoms with Crippen molar-refractivity contribution in [3.05, 3.63) is 65.2 Å². The summed E-state index contributed by atoms with van der Waals surface area (Å²) >= 11 is 6.99. The summed E-state index contributed by atoms with van der Waals surface area (Å²) < 4.78 is 0. The number of nitrogens with one attached hydrogen (secondary N) is 2. The molecule has 2 N–H and O–H groups in total. The maximum Gasteiger partial charge on any atom is 0.182 e. The predicted molar refractivity (Wildman–Crippen MR) is 105 cm³/mol. The highest BCUT2D eigenvalue weighted by Crippen LogP contribution is 2.15. The van der Waals surface area contributed by atoms with Crippen LogP contribution in [0.1, 0.15) is 25.8 Å². The normalized spacial score (nSPS) is 11.1. The lowest BCUT2D eigenvalue weighted by Crippen LogP contribution is -2.10. The van der Waals surface area contributed by atoms with Gasteiger partial charge < -0.3 is 10.6 Å². The first-order valence-electron chi connectivity index (χ1n) is 7.48. The lowest BCUT2D eigenvalue weighted by Gasteiger charge is -2.10. The van der Waals surface area contributed by atoms with E-state index < -0.39 is 0 Å². The molecule has 0 aliphatic rings. The van der Waals surface area contributed by atoms with Gasteiger partial charge in [-0.1, -0.05) is 49.5 Å². The van der Waals surface area contributed by atoms with Crippen LogP contribution in [-0.4, -0.2) is 9.97 Å². The average molecular weight is 344 g/mol. The van der Waals surface area contributed by atoms with Crippen LogP contribution in [0.3, 0.4) is 0 Å². The largest absolute Gasteiger partial charge is 0.357 e. The number of aromatic nitrogens is 1. The maximum absolute atomic E-state index is 5.39. The number of anilines is 2. The van der Waals surface area contributed by atoms with Crippen molar-refractivity contribution in [2.24, 2.45) is 0 Å². The van der Waals surface area contributed by atoms with Gasteiger partial charge in [-0.2, -0.15) is 0 Å². The standard InChI is InChI=1S/C18H21N3S2/c1-4-13(2)11-14(3)17(22)21-16-7-5-15(6-8-16)12-20-18-19-9-10-23-18/h5-11H,3-4,12H2,1-2H3,(H,19,20)(H,21,22)/b13-11-. The zero-order chi connectivity index (χ0) is 16.7. The molecule has 0 saturated heterocycles. The number of allylic oxidation sites excluding steroid dienone is 1. The average Bonchev–Trinajstić information content (AvgIpc) is 3.07. The van der Waals surface area contributed by atoms with Gasteiger partial charge in [0.05, 0.1) is 0 Å². The Bertz CT molecular complexity index is 686. The monoisotopic (exact) mass is 343 g/mol. The van der Waals surface area contributed by atoms with E-state index in [4.69, 9.17) is 12.2 Å². The quantitative estimate of drug-likeness (QED) is 0.400. The number of nitrogens with zero attached hydrogens (tertiary/aromatic N) is 1. The third-order valence-corrected chi connectivity index (χ3v) is 4.45. The van der Waals surface area contributed by atoms with Crippen molar-refractivity contribution in [2.75, 3.05) is 10.6 Å². The van der Waals surface area contributed by atoms with E-state index in [0.717, 1.165) is 29.4 Å². The van der Waals surface area contributed by atoms with Crippen LogP contribution in [0.25, 0.3) is 0 Å². The highest BCUT2D eigenvalue weighted by molar-refractivity contribution is 7.81. The zero-order valence-electron chi connectivity index (χ0n) is 13.4. The van der Waals surface area contributed by atoms with Crippen LogP contribution in [0.5, 0.6) is 0 Å². The first-order chi connectivity index (χ1) is 11.1. The molecule has 2 aromatic rings. The van der Waals surface area contributed by atoms with E-state index in [-0.39, 0.29) is 0 Å². The Morgan fingerprint density at radius 2 is 2.09 bits per heavy atom. The topological polar surface area (TPSA) is 37.0 Å². The number of thiocarbonyl (C=S) groups is 1. The number of hydrogen-bond donors (Lipinski definition) is 2. The smallest absolute Gasteiger partial charge is 0.182 e. The van der Waals surface area contributed by atoms with Gasteiger partial charge in [-0.05, 0) is 31.0 Å². The first-order valence-corrected chi connectivity index (χ1v) is 8.77. The second-order valence-corrected chi connectivity index (χ2v) is 6.51. The van der Waals surface area contributed by atoms with Gasteiger partial charge in [0.25, 0.3) is 0 Å². The lowest BCUT2D eigenvalue weighted by molar-refractivity contribution is 1.10. The molecule has 0 spiro atoms. The summed E-state index contributed by atoms with van der Waals surface area (Å²) in [5, 5.41) is 9.40. The Hall–Kier alpha value is -1.98. The molecule has 3 nitrogen and oxygen atoms in total. The molecule has 0 bridgehead atoms. The molecule has 120 valence electrons. The second kappa shape index (κ2) is 8.60. The molecule has 0 radical (unpaired) electrons. The molecule has 0 atom stereocenters. The van der Waals surface area contributed by atoms with Gasteiger partial charge in [0.15, 0.2) is 5.13 Å². The highest BCUT2D eigenvalue weighted by Gasteiger charge is 2.02. The maximum atomic E-state index is 5.39. The van der Waals surface area contributed by atoms with Crippen LogP contribution < -0.4 is 10.6 Å². The minimum atomic E-state index is 0.659. The predicted octanol–water partition coefficient (Wildman–Crippen LogP) is 5.41. The van der Waals surface area contributed by atoms with Crippen molar-refractivity contribution in [3.63, 3.8) is 0 Å². The summed E-state index contributed by atoms with van der Waals surface area (Å²) in [6.07, 6.45) is 4.83. The van der Waals surface area contributed by atoms with Crippen molar-refractivity contribution in [1.29, 1.82) is 0 Å². The second-order valence-electron chi connectivity index (χ2n) is 5.21. The molecule has 5 heteroatoms. The molecule has 0 aliphatic heterocycles. The number of benzene rings is 1. The number of rotatable bonds is 7.